The van der Waals surface area contributed by atoms with E-state index in [0.717, 1.165) is 4.90 Å². The topological polar surface area (TPSA) is 93.4 Å². The van der Waals surface area contributed by atoms with Crippen LogP contribution in [0.2, 0.25) is 0 Å². The van der Waals surface area contributed by atoms with Crippen LogP contribution in [0.5, 0.6) is 0 Å². The average Bonchev–Trinajstić information content (AvgIpc) is 3.21. The summed E-state index contributed by atoms with van der Waals surface area (Å²) in [5, 5.41) is 1.77. The molecule has 22 heavy (non-hydrogen) atoms. The Bertz CT molecular complexity index is 626. The molecule has 118 valence electrons. The van der Waals surface area contributed by atoms with Gasteiger partial charge in [0.25, 0.3) is 0 Å². The number of fused-ring (bicyclic) bond motifs is 1. The van der Waals surface area contributed by atoms with Crippen LogP contribution in [0.4, 0.5) is 0 Å². The smallest absolute Gasteiger partial charge is 0.368 e. The molecule has 3 heterocycles. The van der Waals surface area contributed by atoms with Gasteiger partial charge >= 0.3 is 5.97 Å². The van der Waals surface area contributed by atoms with Crippen molar-refractivity contribution >= 4 is 17.8 Å². The van der Waals surface area contributed by atoms with Crippen molar-refractivity contribution in [1.29, 1.82) is 0 Å². The number of furan rings is 1. The maximum atomic E-state index is 12.6. The third-order valence-electron chi connectivity index (χ3n) is 5.01. The van der Waals surface area contributed by atoms with E-state index in [0.29, 0.717) is 12.2 Å². The van der Waals surface area contributed by atoms with Gasteiger partial charge in [0.1, 0.15) is 11.8 Å². The standard InChI is InChI=1S/C15H18N2O5/c1-4-15(14(20)21-3)10-9(12(18)17(2)13(10)19)11(16-15)8-6-5-7-22-8/h5-7,9-11,16H,4H2,1-3H3/p+1/t9-,10+,11-,15-/m0/s1. The lowest BCUT2D eigenvalue weighted by atomic mass is 9.78. The lowest BCUT2D eigenvalue weighted by molar-refractivity contribution is -0.736. The van der Waals surface area contributed by atoms with E-state index in [1.165, 1.54) is 20.4 Å². The van der Waals surface area contributed by atoms with E-state index in [9.17, 15) is 14.4 Å². The maximum Gasteiger partial charge on any atom is 0.368 e. The van der Waals surface area contributed by atoms with Gasteiger partial charge < -0.3 is 14.5 Å². The molecule has 0 spiro atoms. The summed E-state index contributed by atoms with van der Waals surface area (Å²) in [6.07, 6.45) is 1.91. The maximum absolute atomic E-state index is 12.6. The molecule has 0 bridgehead atoms. The lowest BCUT2D eigenvalue weighted by Gasteiger charge is -2.27. The highest BCUT2D eigenvalue weighted by Crippen LogP contribution is 2.45. The Hall–Kier alpha value is -2.15. The van der Waals surface area contributed by atoms with Crippen LogP contribution in [0.15, 0.2) is 22.8 Å². The third-order valence-corrected chi connectivity index (χ3v) is 5.01. The first-order chi connectivity index (χ1) is 10.5. The lowest BCUT2D eigenvalue weighted by Crippen LogP contribution is -2.98. The number of imide groups is 1. The fourth-order valence-corrected chi connectivity index (χ4v) is 3.87. The quantitative estimate of drug-likeness (QED) is 0.597. The summed E-state index contributed by atoms with van der Waals surface area (Å²) in [5.74, 6) is -1.82. The number of quaternary nitrogens is 1. The van der Waals surface area contributed by atoms with E-state index < -0.39 is 29.4 Å². The van der Waals surface area contributed by atoms with Crippen molar-refractivity contribution in [3.63, 3.8) is 0 Å². The zero-order valence-corrected chi connectivity index (χ0v) is 12.7. The van der Waals surface area contributed by atoms with E-state index in [1.54, 1.807) is 17.4 Å². The van der Waals surface area contributed by atoms with E-state index in [-0.39, 0.29) is 11.8 Å². The number of ether oxygens (including phenoxy) is 1. The van der Waals surface area contributed by atoms with Gasteiger partial charge in [0.05, 0.1) is 13.4 Å². The fourth-order valence-electron chi connectivity index (χ4n) is 3.87. The van der Waals surface area contributed by atoms with Gasteiger partial charge in [0.2, 0.25) is 17.4 Å². The molecule has 0 saturated carbocycles. The Balaban J connectivity index is 2.13. The van der Waals surface area contributed by atoms with Crippen molar-refractivity contribution in [2.75, 3.05) is 14.2 Å². The highest BCUT2D eigenvalue weighted by atomic mass is 16.5. The summed E-state index contributed by atoms with van der Waals surface area (Å²) in [5.41, 5.74) is -1.09. The normalized spacial score (nSPS) is 34.1. The highest BCUT2D eigenvalue weighted by Gasteiger charge is 2.71. The van der Waals surface area contributed by atoms with Crippen LogP contribution in [0, 0.1) is 11.8 Å². The van der Waals surface area contributed by atoms with E-state index in [4.69, 9.17) is 9.15 Å². The van der Waals surface area contributed by atoms with E-state index >= 15 is 0 Å². The minimum atomic E-state index is -1.09. The molecule has 1 aromatic heterocycles. The van der Waals surface area contributed by atoms with Gasteiger partial charge in [-0.1, -0.05) is 6.92 Å². The number of carbonyl (C=O) groups excluding carboxylic acids is 3. The number of hydrogen-bond acceptors (Lipinski definition) is 5. The molecule has 4 atom stereocenters. The summed E-state index contributed by atoms with van der Waals surface area (Å²) in [6, 6.07) is 3.09. The van der Waals surface area contributed by atoms with Gasteiger partial charge in [-0.05, 0) is 12.1 Å². The molecule has 2 fully saturated rings. The molecule has 0 aliphatic carbocycles. The Kier molecular flexibility index (Phi) is 3.32. The van der Waals surface area contributed by atoms with Crippen LogP contribution in [0.3, 0.4) is 0 Å². The first-order valence-corrected chi connectivity index (χ1v) is 7.27. The zero-order valence-electron chi connectivity index (χ0n) is 12.7. The molecule has 0 aromatic carbocycles. The Morgan fingerprint density at radius 3 is 2.73 bits per heavy atom. The Labute approximate surface area is 127 Å². The number of rotatable bonds is 3. The number of hydrogen-bond donors (Lipinski definition) is 1. The van der Waals surface area contributed by atoms with Crippen LogP contribution in [-0.4, -0.2) is 42.4 Å². The van der Waals surface area contributed by atoms with Gasteiger partial charge in [-0.15, -0.1) is 0 Å². The van der Waals surface area contributed by atoms with E-state index in [1.807, 2.05) is 6.92 Å². The van der Waals surface area contributed by atoms with Crippen molar-refractivity contribution in [2.45, 2.75) is 24.9 Å². The SMILES string of the molecule is CC[C@]1(C(=O)OC)[NH2+][C@@H](c2ccco2)[C@H]2C(=O)N(C)C(=O)[C@@H]21. The number of carbonyl (C=O) groups is 3. The molecule has 2 aliphatic heterocycles. The van der Waals surface area contributed by atoms with Gasteiger partial charge in [-0.25, -0.2) is 4.79 Å². The summed E-state index contributed by atoms with van der Waals surface area (Å²) >= 11 is 0. The summed E-state index contributed by atoms with van der Waals surface area (Å²) < 4.78 is 10.4. The summed E-state index contributed by atoms with van der Waals surface area (Å²) in [7, 11) is 2.76. The molecule has 2 N–H and O–H groups in total. The summed E-state index contributed by atoms with van der Waals surface area (Å²) in [4.78, 5) is 38.6. The number of amides is 2. The van der Waals surface area contributed by atoms with Crippen LogP contribution >= 0.6 is 0 Å². The van der Waals surface area contributed by atoms with Crippen LogP contribution < -0.4 is 5.32 Å². The monoisotopic (exact) mass is 307 g/mol. The number of nitrogens with zero attached hydrogens (tertiary/aromatic N) is 1. The predicted octanol–water partition coefficient (Wildman–Crippen LogP) is -0.549. The Morgan fingerprint density at radius 1 is 1.45 bits per heavy atom. The number of methoxy groups -OCH3 is 1. The number of esters is 1. The third kappa shape index (κ3) is 1.68. The second kappa shape index (κ2) is 4.95. The zero-order chi connectivity index (χ0) is 16.1. The molecule has 0 radical (unpaired) electrons. The number of nitrogens with two attached hydrogens (primary N) is 1. The average molecular weight is 307 g/mol. The van der Waals surface area contributed by atoms with Crippen LogP contribution in [0.25, 0.3) is 0 Å². The largest absolute Gasteiger partial charge is 0.464 e. The molecule has 7 heteroatoms. The van der Waals surface area contributed by atoms with Crippen molar-refractivity contribution in [3.8, 4) is 0 Å². The Morgan fingerprint density at radius 2 is 2.18 bits per heavy atom. The fraction of sp³-hybridized carbons (Fsp3) is 0.533. The van der Waals surface area contributed by atoms with Crippen molar-refractivity contribution < 1.29 is 28.9 Å². The van der Waals surface area contributed by atoms with Gasteiger partial charge in [0.15, 0.2) is 11.8 Å². The number of likely N-dealkylation sites (tertiary alicyclic amines) is 1. The first kappa shape index (κ1) is 14.8. The van der Waals surface area contributed by atoms with Gasteiger partial charge in [-0.2, -0.15) is 0 Å². The second-order valence-corrected chi connectivity index (χ2v) is 5.83. The van der Waals surface area contributed by atoms with Gasteiger partial charge in [-0.3, -0.25) is 14.5 Å². The minimum Gasteiger partial charge on any atom is -0.464 e. The first-order valence-electron chi connectivity index (χ1n) is 7.27. The molecule has 1 aromatic rings. The highest BCUT2D eigenvalue weighted by molar-refractivity contribution is 6.08. The second-order valence-electron chi connectivity index (χ2n) is 5.83. The minimum absolute atomic E-state index is 0.271. The molecule has 2 saturated heterocycles. The molecule has 2 amide bonds. The van der Waals surface area contributed by atoms with Crippen molar-refractivity contribution in [1.82, 2.24) is 4.90 Å². The van der Waals surface area contributed by atoms with Crippen LogP contribution in [0.1, 0.15) is 25.1 Å². The summed E-state index contributed by atoms with van der Waals surface area (Å²) in [6.45, 7) is 1.82. The van der Waals surface area contributed by atoms with E-state index in [2.05, 4.69) is 0 Å². The molecule has 3 rings (SSSR count). The molecule has 2 aliphatic rings. The molecular formula is C15H19N2O5+. The predicted molar refractivity (Wildman–Crippen MR) is 73.2 cm³/mol. The van der Waals surface area contributed by atoms with Crippen molar-refractivity contribution in [2.24, 2.45) is 11.8 Å². The van der Waals surface area contributed by atoms with Gasteiger partial charge in [0, 0.05) is 13.5 Å². The van der Waals surface area contributed by atoms with Crippen molar-refractivity contribution in [3.05, 3.63) is 24.2 Å². The molecule has 0 unspecified atom stereocenters. The molecular weight excluding hydrogens is 288 g/mol. The molecule has 7 nitrogen and oxygen atoms in total. The van der Waals surface area contributed by atoms with Crippen LogP contribution in [-0.2, 0) is 19.1 Å².